The molecule has 0 saturated carbocycles. The second-order valence-electron chi connectivity index (χ2n) is 4.54. The van der Waals surface area contributed by atoms with Crippen LogP contribution in [0.5, 0.6) is 0 Å². The van der Waals surface area contributed by atoms with E-state index in [1.165, 1.54) is 0 Å². The molecule has 2 aromatic heterocycles. The molecule has 0 atom stereocenters. The fraction of sp³-hybridized carbons (Fsp3) is 0.385. The summed E-state index contributed by atoms with van der Waals surface area (Å²) < 4.78 is 0. The van der Waals surface area contributed by atoms with Gasteiger partial charge in [-0.25, -0.2) is 15.0 Å². The van der Waals surface area contributed by atoms with Crippen LogP contribution in [0.4, 0.5) is 17.6 Å². The molecule has 1 fully saturated rings. The first kappa shape index (κ1) is 12.6. The van der Waals surface area contributed by atoms with E-state index in [2.05, 4.69) is 35.1 Å². The quantitative estimate of drug-likeness (QED) is 0.878. The van der Waals surface area contributed by atoms with Gasteiger partial charge >= 0.3 is 0 Å². The molecular weight excluding hydrogens is 254 g/mol. The van der Waals surface area contributed by atoms with Crippen LogP contribution in [0.2, 0.25) is 0 Å². The molecule has 1 saturated heterocycles. The number of nitrogens with zero attached hydrogens (tertiary/aromatic N) is 6. The number of hydrogen-bond acceptors (Lipinski definition) is 7. The van der Waals surface area contributed by atoms with Crippen molar-refractivity contribution in [3.8, 4) is 0 Å². The third-order valence-corrected chi connectivity index (χ3v) is 3.32. The van der Waals surface area contributed by atoms with Gasteiger partial charge in [-0.15, -0.1) is 0 Å². The van der Waals surface area contributed by atoms with E-state index in [-0.39, 0.29) is 0 Å². The summed E-state index contributed by atoms with van der Waals surface area (Å²) in [5, 5.41) is 3.01. The Morgan fingerprint density at radius 2 is 1.70 bits per heavy atom. The summed E-state index contributed by atoms with van der Waals surface area (Å²) in [4.78, 5) is 21.7. The van der Waals surface area contributed by atoms with E-state index in [0.717, 1.165) is 43.8 Å². The minimum Gasteiger partial charge on any atom is -0.372 e. The summed E-state index contributed by atoms with van der Waals surface area (Å²) >= 11 is 0. The topological polar surface area (TPSA) is 70.1 Å². The first-order valence-corrected chi connectivity index (χ1v) is 6.63. The average molecular weight is 271 g/mol. The van der Waals surface area contributed by atoms with E-state index in [1.807, 2.05) is 13.1 Å². The average Bonchev–Trinajstić information content (AvgIpc) is 2.56. The minimum atomic E-state index is 0.788. The first-order chi connectivity index (χ1) is 9.86. The Kier molecular flexibility index (Phi) is 3.58. The molecule has 7 heteroatoms. The molecule has 1 aliphatic heterocycles. The maximum absolute atomic E-state index is 4.52. The molecule has 0 aliphatic carbocycles. The van der Waals surface area contributed by atoms with Crippen molar-refractivity contribution in [1.82, 2.24) is 19.9 Å². The van der Waals surface area contributed by atoms with E-state index in [9.17, 15) is 0 Å². The van der Waals surface area contributed by atoms with Crippen LogP contribution in [0.3, 0.4) is 0 Å². The van der Waals surface area contributed by atoms with Crippen LogP contribution in [0.1, 0.15) is 0 Å². The maximum Gasteiger partial charge on any atom is 0.225 e. The van der Waals surface area contributed by atoms with Gasteiger partial charge in [0, 0.05) is 45.6 Å². The highest BCUT2D eigenvalue weighted by molar-refractivity contribution is 5.45. The Morgan fingerprint density at radius 3 is 2.40 bits per heavy atom. The lowest BCUT2D eigenvalue weighted by Crippen LogP contribution is -2.47. The van der Waals surface area contributed by atoms with Crippen molar-refractivity contribution in [3.63, 3.8) is 0 Å². The van der Waals surface area contributed by atoms with Crippen molar-refractivity contribution in [1.29, 1.82) is 0 Å². The number of hydrogen-bond donors (Lipinski definition) is 1. The fourth-order valence-corrected chi connectivity index (χ4v) is 2.22. The molecule has 2 aromatic rings. The fourth-order valence-electron chi connectivity index (χ4n) is 2.22. The van der Waals surface area contributed by atoms with Crippen LogP contribution >= 0.6 is 0 Å². The molecule has 0 radical (unpaired) electrons. The van der Waals surface area contributed by atoms with Crippen molar-refractivity contribution < 1.29 is 0 Å². The Bertz CT molecular complexity index is 552. The number of rotatable bonds is 3. The molecule has 3 heterocycles. The molecule has 7 nitrogen and oxygen atoms in total. The molecular formula is C13H17N7. The predicted octanol–water partition coefficient (Wildman–Crippen LogP) is 0.635. The molecule has 1 N–H and O–H groups in total. The van der Waals surface area contributed by atoms with Gasteiger partial charge in [-0.1, -0.05) is 0 Å². The van der Waals surface area contributed by atoms with Gasteiger partial charge < -0.3 is 15.1 Å². The third kappa shape index (κ3) is 2.61. The second kappa shape index (κ2) is 5.68. The van der Waals surface area contributed by atoms with Crippen LogP contribution in [-0.2, 0) is 0 Å². The van der Waals surface area contributed by atoms with Crippen molar-refractivity contribution in [3.05, 3.63) is 30.9 Å². The molecule has 0 bridgehead atoms. The summed E-state index contributed by atoms with van der Waals surface area (Å²) in [7, 11) is 1.85. The van der Waals surface area contributed by atoms with Crippen LogP contribution in [0.25, 0.3) is 0 Å². The normalized spacial score (nSPS) is 15.2. The zero-order chi connectivity index (χ0) is 13.8. The lowest BCUT2D eigenvalue weighted by Gasteiger charge is -2.35. The van der Waals surface area contributed by atoms with E-state index >= 15 is 0 Å². The summed E-state index contributed by atoms with van der Waals surface area (Å²) in [5.74, 6) is 2.49. The number of anilines is 3. The van der Waals surface area contributed by atoms with Crippen LogP contribution in [0.15, 0.2) is 30.9 Å². The van der Waals surface area contributed by atoms with Crippen molar-refractivity contribution in [2.75, 3.05) is 48.3 Å². The number of aromatic nitrogens is 4. The summed E-state index contributed by atoms with van der Waals surface area (Å²) in [5.41, 5.74) is 0. The molecule has 0 aromatic carbocycles. The van der Waals surface area contributed by atoms with E-state index in [1.54, 1.807) is 24.8 Å². The predicted molar refractivity (Wildman–Crippen MR) is 78.0 cm³/mol. The largest absolute Gasteiger partial charge is 0.372 e. The molecule has 0 spiro atoms. The van der Waals surface area contributed by atoms with E-state index in [0.29, 0.717) is 0 Å². The van der Waals surface area contributed by atoms with Crippen molar-refractivity contribution in [2.45, 2.75) is 0 Å². The third-order valence-electron chi connectivity index (χ3n) is 3.32. The maximum atomic E-state index is 4.52. The standard InChI is InChI=1S/C13H17N7/c1-14-11-9-15-10-12(18-11)19-5-7-20(8-6-19)13-16-3-2-4-17-13/h2-4,9-10H,5-8H2,1H3,(H,14,18). The Labute approximate surface area is 117 Å². The van der Waals surface area contributed by atoms with Gasteiger partial charge in [0.15, 0.2) is 0 Å². The SMILES string of the molecule is CNc1cncc(N2CCN(c3ncccn3)CC2)n1. The van der Waals surface area contributed by atoms with Gasteiger partial charge in [-0.3, -0.25) is 4.98 Å². The van der Waals surface area contributed by atoms with Gasteiger partial charge in [0.25, 0.3) is 0 Å². The van der Waals surface area contributed by atoms with Gasteiger partial charge in [0.05, 0.1) is 12.4 Å². The zero-order valence-corrected chi connectivity index (χ0v) is 11.4. The first-order valence-electron chi connectivity index (χ1n) is 6.63. The molecule has 3 rings (SSSR count). The summed E-state index contributed by atoms with van der Waals surface area (Å²) in [6.07, 6.45) is 7.07. The van der Waals surface area contributed by atoms with E-state index in [4.69, 9.17) is 0 Å². The molecule has 104 valence electrons. The zero-order valence-electron chi connectivity index (χ0n) is 11.4. The molecule has 1 aliphatic rings. The van der Waals surface area contributed by atoms with Gasteiger partial charge in [0.1, 0.15) is 11.6 Å². The lowest BCUT2D eigenvalue weighted by atomic mass is 10.3. The van der Waals surface area contributed by atoms with Gasteiger partial charge in [-0.2, -0.15) is 0 Å². The number of piperazine rings is 1. The highest BCUT2D eigenvalue weighted by atomic mass is 15.3. The van der Waals surface area contributed by atoms with Crippen LogP contribution in [0, 0.1) is 0 Å². The van der Waals surface area contributed by atoms with Crippen LogP contribution < -0.4 is 15.1 Å². The summed E-state index contributed by atoms with van der Waals surface area (Å²) in [6.45, 7) is 3.55. The van der Waals surface area contributed by atoms with Crippen LogP contribution in [-0.4, -0.2) is 53.2 Å². The molecule has 0 amide bonds. The minimum absolute atomic E-state index is 0.788. The lowest BCUT2D eigenvalue weighted by molar-refractivity contribution is 0.634. The van der Waals surface area contributed by atoms with E-state index < -0.39 is 0 Å². The number of nitrogens with one attached hydrogen (secondary N) is 1. The Hall–Kier alpha value is -2.44. The highest BCUT2D eigenvalue weighted by Gasteiger charge is 2.19. The molecule has 0 unspecified atom stereocenters. The molecule has 20 heavy (non-hydrogen) atoms. The van der Waals surface area contributed by atoms with Crippen molar-refractivity contribution >= 4 is 17.6 Å². The van der Waals surface area contributed by atoms with Gasteiger partial charge in [-0.05, 0) is 6.07 Å². The summed E-state index contributed by atoms with van der Waals surface area (Å²) in [6, 6.07) is 1.83. The smallest absolute Gasteiger partial charge is 0.225 e. The Balaban J connectivity index is 1.66. The second-order valence-corrected chi connectivity index (χ2v) is 4.54. The van der Waals surface area contributed by atoms with Crippen molar-refractivity contribution in [2.24, 2.45) is 0 Å². The Morgan fingerprint density at radius 1 is 1.00 bits per heavy atom. The monoisotopic (exact) mass is 271 g/mol. The highest BCUT2D eigenvalue weighted by Crippen LogP contribution is 2.16. The van der Waals surface area contributed by atoms with Gasteiger partial charge in [0.2, 0.25) is 5.95 Å².